The highest BCUT2D eigenvalue weighted by molar-refractivity contribution is 7.96. The number of carbonyl (C=O) groups excluding carboxylic acids is 1. The Morgan fingerprint density at radius 2 is 2.18 bits per heavy atom. The number of ether oxygens (including phenoxy) is 1. The van der Waals surface area contributed by atoms with Crippen molar-refractivity contribution in [2.45, 2.75) is 31.8 Å². The third kappa shape index (κ3) is 1.39. The van der Waals surface area contributed by atoms with Gasteiger partial charge in [0.1, 0.15) is 6.10 Å². The molecule has 0 heterocycles. The fraction of sp³-hybridized carbons (Fsp3) is 0.875. The maximum Gasteiger partial charge on any atom is 0.364 e. The lowest BCUT2D eigenvalue weighted by Gasteiger charge is -2.20. The van der Waals surface area contributed by atoms with Crippen LogP contribution < -0.4 is 0 Å². The van der Waals surface area contributed by atoms with Crippen molar-refractivity contribution in [3.63, 3.8) is 0 Å². The van der Waals surface area contributed by atoms with Crippen molar-refractivity contribution in [3.8, 4) is 0 Å². The van der Waals surface area contributed by atoms with Gasteiger partial charge in [0.05, 0.1) is 0 Å². The van der Waals surface area contributed by atoms with E-state index in [9.17, 15) is 4.79 Å². The van der Waals surface area contributed by atoms with Gasteiger partial charge >= 0.3 is 5.30 Å². The summed E-state index contributed by atoms with van der Waals surface area (Å²) in [6.07, 6.45) is 5.13. The first kappa shape index (κ1) is 7.47. The average Bonchev–Trinajstić information content (AvgIpc) is 2.45. The molecule has 2 aliphatic carbocycles. The second-order valence-electron chi connectivity index (χ2n) is 3.60. The van der Waals surface area contributed by atoms with E-state index in [4.69, 9.17) is 4.74 Å². The molecule has 2 nitrogen and oxygen atoms in total. The summed E-state index contributed by atoms with van der Waals surface area (Å²) in [4.78, 5) is 10.5. The summed E-state index contributed by atoms with van der Waals surface area (Å²) in [5, 5.41) is -0.414. The maximum absolute atomic E-state index is 10.5. The lowest BCUT2D eigenvalue weighted by Crippen LogP contribution is -2.21. The Morgan fingerprint density at radius 3 is 2.64 bits per heavy atom. The minimum atomic E-state index is -0.414. The van der Waals surface area contributed by atoms with Crippen LogP contribution in [0.2, 0.25) is 0 Å². The van der Waals surface area contributed by atoms with Crippen LogP contribution >= 0.6 is 12.6 Å². The molecule has 3 unspecified atom stereocenters. The minimum Gasteiger partial charge on any atom is -0.454 e. The van der Waals surface area contributed by atoms with E-state index >= 15 is 0 Å². The SMILES string of the molecule is O=C(S)OC1CC2CCC1C2. The topological polar surface area (TPSA) is 26.3 Å². The normalized spacial score (nSPS) is 41.0. The molecule has 11 heavy (non-hydrogen) atoms. The molecule has 0 aromatic heterocycles. The summed E-state index contributed by atoms with van der Waals surface area (Å²) in [6, 6.07) is 0. The van der Waals surface area contributed by atoms with E-state index in [-0.39, 0.29) is 6.10 Å². The van der Waals surface area contributed by atoms with E-state index < -0.39 is 5.30 Å². The number of fused-ring (bicyclic) bond motifs is 2. The van der Waals surface area contributed by atoms with Crippen LogP contribution in [0.1, 0.15) is 25.7 Å². The van der Waals surface area contributed by atoms with E-state index in [1.807, 2.05) is 0 Å². The van der Waals surface area contributed by atoms with Crippen LogP contribution in [0, 0.1) is 11.8 Å². The van der Waals surface area contributed by atoms with Gasteiger partial charge in [-0.1, -0.05) is 12.6 Å². The van der Waals surface area contributed by atoms with Crippen LogP contribution in [-0.4, -0.2) is 11.4 Å². The average molecular weight is 172 g/mol. The first-order valence-electron chi connectivity index (χ1n) is 4.15. The third-order valence-corrected chi connectivity index (χ3v) is 3.03. The molecular formula is C8H12O2S. The van der Waals surface area contributed by atoms with Crippen LogP contribution in [0.5, 0.6) is 0 Å². The fourth-order valence-corrected chi connectivity index (χ4v) is 2.60. The Morgan fingerprint density at radius 1 is 1.36 bits per heavy atom. The predicted octanol–water partition coefficient (Wildman–Crippen LogP) is 2.24. The van der Waals surface area contributed by atoms with Crippen molar-refractivity contribution in [2.75, 3.05) is 0 Å². The van der Waals surface area contributed by atoms with Gasteiger partial charge in [-0.2, -0.15) is 0 Å². The van der Waals surface area contributed by atoms with Crippen molar-refractivity contribution >= 4 is 17.9 Å². The van der Waals surface area contributed by atoms with Crippen LogP contribution in [0.15, 0.2) is 0 Å². The lowest BCUT2D eigenvalue weighted by molar-refractivity contribution is 0.0855. The first-order valence-corrected chi connectivity index (χ1v) is 4.60. The molecular weight excluding hydrogens is 160 g/mol. The van der Waals surface area contributed by atoms with Gasteiger partial charge in [-0.25, -0.2) is 4.79 Å². The molecule has 0 amide bonds. The summed E-state index contributed by atoms with van der Waals surface area (Å²) in [7, 11) is 0. The molecule has 3 heteroatoms. The molecule has 2 aliphatic rings. The van der Waals surface area contributed by atoms with Crippen molar-refractivity contribution < 1.29 is 9.53 Å². The fourth-order valence-electron chi connectivity index (χ4n) is 2.46. The second kappa shape index (κ2) is 2.70. The second-order valence-corrected chi connectivity index (χ2v) is 3.96. The highest BCUT2D eigenvalue weighted by Crippen LogP contribution is 2.45. The van der Waals surface area contributed by atoms with Gasteiger partial charge < -0.3 is 4.74 Å². The maximum atomic E-state index is 10.5. The molecule has 0 N–H and O–H groups in total. The van der Waals surface area contributed by atoms with E-state index in [1.54, 1.807) is 0 Å². The molecule has 0 aliphatic heterocycles. The van der Waals surface area contributed by atoms with E-state index in [0.29, 0.717) is 5.92 Å². The standard InChI is InChI=1S/C8H12O2S/c9-8(11)10-7-4-5-1-2-6(7)3-5/h5-7H,1-4H2,(H,9,11). The molecule has 0 radical (unpaired) electrons. The van der Waals surface area contributed by atoms with Gasteiger partial charge in [-0.05, 0) is 37.5 Å². The van der Waals surface area contributed by atoms with Gasteiger partial charge in [0.15, 0.2) is 0 Å². The zero-order valence-electron chi connectivity index (χ0n) is 6.32. The van der Waals surface area contributed by atoms with Crippen LogP contribution in [-0.2, 0) is 4.74 Å². The zero-order valence-corrected chi connectivity index (χ0v) is 7.22. The number of hydrogen-bond donors (Lipinski definition) is 1. The number of thiol groups is 1. The van der Waals surface area contributed by atoms with Crippen molar-refractivity contribution in [1.29, 1.82) is 0 Å². The molecule has 2 bridgehead atoms. The van der Waals surface area contributed by atoms with Gasteiger partial charge in [0.25, 0.3) is 0 Å². The van der Waals surface area contributed by atoms with Crippen molar-refractivity contribution in [3.05, 3.63) is 0 Å². The van der Waals surface area contributed by atoms with Gasteiger partial charge in [-0.3, -0.25) is 0 Å². The lowest BCUT2D eigenvalue weighted by atomic mass is 9.98. The van der Waals surface area contributed by atoms with Gasteiger partial charge in [0, 0.05) is 0 Å². The Bertz CT molecular complexity index is 181. The first-order chi connectivity index (χ1) is 5.25. The van der Waals surface area contributed by atoms with Crippen LogP contribution in [0.25, 0.3) is 0 Å². The monoisotopic (exact) mass is 172 g/mol. The Labute approximate surface area is 71.7 Å². The molecule has 2 fully saturated rings. The summed E-state index contributed by atoms with van der Waals surface area (Å²) in [5.41, 5.74) is 0. The van der Waals surface area contributed by atoms with E-state index in [1.165, 1.54) is 19.3 Å². The molecule has 62 valence electrons. The molecule has 2 saturated carbocycles. The Kier molecular flexibility index (Phi) is 1.83. The highest BCUT2D eigenvalue weighted by Gasteiger charge is 2.41. The summed E-state index contributed by atoms with van der Waals surface area (Å²) < 4.78 is 5.07. The predicted molar refractivity (Wildman–Crippen MR) is 44.7 cm³/mol. The molecule has 0 aromatic rings. The number of hydrogen-bond acceptors (Lipinski definition) is 2. The molecule has 0 saturated heterocycles. The van der Waals surface area contributed by atoms with Crippen LogP contribution in [0.4, 0.5) is 4.79 Å². The van der Waals surface area contributed by atoms with E-state index in [0.717, 1.165) is 12.3 Å². The highest BCUT2D eigenvalue weighted by atomic mass is 32.1. The largest absolute Gasteiger partial charge is 0.454 e. The van der Waals surface area contributed by atoms with Crippen molar-refractivity contribution in [1.82, 2.24) is 0 Å². The summed E-state index contributed by atoms with van der Waals surface area (Å²) in [6.45, 7) is 0. The van der Waals surface area contributed by atoms with Crippen LogP contribution in [0.3, 0.4) is 0 Å². The molecule has 2 rings (SSSR count). The number of carbonyl (C=O) groups is 1. The quantitative estimate of drug-likeness (QED) is 0.485. The zero-order chi connectivity index (χ0) is 7.84. The third-order valence-electron chi connectivity index (χ3n) is 2.93. The van der Waals surface area contributed by atoms with E-state index in [2.05, 4.69) is 12.6 Å². The molecule has 3 atom stereocenters. The summed E-state index contributed by atoms with van der Waals surface area (Å²) in [5.74, 6) is 1.48. The smallest absolute Gasteiger partial charge is 0.364 e. The van der Waals surface area contributed by atoms with Gasteiger partial charge in [0.2, 0.25) is 0 Å². The molecule has 0 spiro atoms. The van der Waals surface area contributed by atoms with Gasteiger partial charge in [-0.15, -0.1) is 0 Å². The number of rotatable bonds is 1. The van der Waals surface area contributed by atoms with Crippen molar-refractivity contribution in [2.24, 2.45) is 11.8 Å². The molecule has 0 aromatic carbocycles. The minimum absolute atomic E-state index is 0.193. The Balaban J connectivity index is 1.92. The summed E-state index contributed by atoms with van der Waals surface area (Å²) >= 11 is 3.61. The Hall–Kier alpha value is -0.180.